The molecule has 0 saturated carbocycles. The van der Waals surface area contributed by atoms with Crippen LogP contribution < -0.4 is 9.47 Å². The highest BCUT2D eigenvalue weighted by Gasteiger charge is 2.10. The zero-order chi connectivity index (χ0) is 13.8. The van der Waals surface area contributed by atoms with Crippen LogP contribution in [0.4, 0.5) is 4.39 Å². The molecule has 3 nitrogen and oxygen atoms in total. The topological polar surface area (TPSA) is 38.7 Å². The number of benzene rings is 2. The van der Waals surface area contributed by atoms with Gasteiger partial charge in [0, 0.05) is 6.07 Å². The quantitative estimate of drug-likeness (QED) is 0.908. The zero-order valence-corrected chi connectivity index (χ0v) is 10.8. The second-order valence-electron chi connectivity index (χ2n) is 4.06. The molecular weight excluding hydrogens is 247 g/mol. The molecule has 2 rings (SSSR count). The van der Waals surface area contributed by atoms with Crippen molar-refractivity contribution < 1.29 is 19.0 Å². The van der Waals surface area contributed by atoms with E-state index in [1.165, 1.54) is 19.2 Å². The molecule has 19 heavy (non-hydrogen) atoms. The van der Waals surface area contributed by atoms with Gasteiger partial charge in [0.05, 0.1) is 7.11 Å². The van der Waals surface area contributed by atoms with Gasteiger partial charge in [-0.25, -0.2) is 4.39 Å². The molecule has 0 aliphatic rings. The van der Waals surface area contributed by atoms with Crippen LogP contribution in [0.2, 0.25) is 0 Å². The summed E-state index contributed by atoms with van der Waals surface area (Å²) < 4.78 is 24.3. The van der Waals surface area contributed by atoms with Gasteiger partial charge in [0.15, 0.2) is 23.1 Å². The molecule has 4 heteroatoms. The normalized spacial score (nSPS) is 10.3. The van der Waals surface area contributed by atoms with Crippen LogP contribution in [0.3, 0.4) is 0 Å². The molecule has 100 valence electrons. The SMILES string of the molecule is CCc1ccc(Oc2ccc(O)cc2F)c(OC)c1. The third-order valence-electron chi connectivity index (χ3n) is 2.77. The average Bonchev–Trinajstić information content (AvgIpc) is 2.42. The molecule has 0 aromatic heterocycles. The van der Waals surface area contributed by atoms with Crippen LogP contribution in [0.25, 0.3) is 0 Å². The van der Waals surface area contributed by atoms with Crippen LogP contribution >= 0.6 is 0 Å². The smallest absolute Gasteiger partial charge is 0.169 e. The van der Waals surface area contributed by atoms with Gasteiger partial charge in [-0.05, 0) is 36.2 Å². The number of hydrogen-bond donors (Lipinski definition) is 1. The Bertz CT molecular complexity index is 582. The van der Waals surface area contributed by atoms with Gasteiger partial charge in [-0.2, -0.15) is 0 Å². The van der Waals surface area contributed by atoms with E-state index in [0.717, 1.165) is 18.1 Å². The van der Waals surface area contributed by atoms with Gasteiger partial charge >= 0.3 is 0 Å². The molecule has 0 fully saturated rings. The third kappa shape index (κ3) is 2.96. The maximum absolute atomic E-state index is 13.6. The molecule has 1 N–H and O–H groups in total. The van der Waals surface area contributed by atoms with Crippen molar-refractivity contribution in [2.75, 3.05) is 7.11 Å². The lowest BCUT2D eigenvalue weighted by atomic mass is 10.1. The van der Waals surface area contributed by atoms with Crippen LogP contribution in [0.1, 0.15) is 12.5 Å². The molecule has 2 aromatic rings. The van der Waals surface area contributed by atoms with E-state index in [4.69, 9.17) is 14.6 Å². The molecular formula is C15H15FO3. The molecule has 0 amide bonds. The summed E-state index contributed by atoms with van der Waals surface area (Å²) in [4.78, 5) is 0. The lowest BCUT2D eigenvalue weighted by molar-refractivity contribution is 0.369. The Morgan fingerprint density at radius 3 is 2.42 bits per heavy atom. The summed E-state index contributed by atoms with van der Waals surface area (Å²) >= 11 is 0. The molecule has 0 unspecified atom stereocenters. The van der Waals surface area contributed by atoms with E-state index in [9.17, 15) is 4.39 Å². The summed E-state index contributed by atoms with van der Waals surface area (Å²) in [5.74, 6) is 0.260. The van der Waals surface area contributed by atoms with Crippen molar-refractivity contribution in [3.05, 3.63) is 47.8 Å². The van der Waals surface area contributed by atoms with Gasteiger partial charge in [0.1, 0.15) is 5.75 Å². The molecule has 0 spiro atoms. The molecule has 2 aromatic carbocycles. The molecule has 0 bridgehead atoms. The largest absolute Gasteiger partial charge is 0.508 e. The monoisotopic (exact) mass is 262 g/mol. The maximum atomic E-state index is 13.6. The summed E-state index contributed by atoms with van der Waals surface area (Å²) in [5.41, 5.74) is 1.11. The molecule has 0 aliphatic heterocycles. The number of aromatic hydroxyl groups is 1. The highest BCUT2D eigenvalue weighted by molar-refractivity contribution is 5.46. The highest BCUT2D eigenvalue weighted by atomic mass is 19.1. The van der Waals surface area contributed by atoms with Crippen molar-refractivity contribution in [2.24, 2.45) is 0 Å². The minimum atomic E-state index is -0.623. The second-order valence-corrected chi connectivity index (χ2v) is 4.06. The number of aryl methyl sites for hydroxylation is 1. The highest BCUT2D eigenvalue weighted by Crippen LogP contribution is 2.34. The van der Waals surface area contributed by atoms with Gasteiger partial charge < -0.3 is 14.6 Å². The molecule has 0 saturated heterocycles. The van der Waals surface area contributed by atoms with E-state index >= 15 is 0 Å². The molecule has 0 heterocycles. The first-order valence-corrected chi connectivity index (χ1v) is 5.97. The first kappa shape index (κ1) is 13.2. The number of phenols is 1. The number of phenolic OH excluding ortho intramolecular Hbond substituents is 1. The fourth-order valence-electron chi connectivity index (χ4n) is 1.71. The maximum Gasteiger partial charge on any atom is 0.169 e. The van der Waals surface area contributed by atoms with Gasteiger partial charge in [-0.3, -0.25) is 0 Å². The second kappa shape index (κ2) is 5.61. The van der Waals surface area contributed by atoms with Crippen molar-refractivity contribution in [2.45, 2.75) is 13.3 Å². The summed E-state index contributed by atoms with van der Waals surface area (Å²) in [6, 6.07) is 9.24. The number of hydrogen-bond acceptors (Lipinski definition) is 3. The Labute approximate surface area is 111 Å². The molecule has 0 atom stereocenters. The van der Waals surface area contributed by atoms with E-state index in [2.05, 4.69) is 0 Å². The molecule has 0 radical (unpaired) electrons. The van der Waals surface area contributed by atoms with Crippen molar-refractivity contribution in [1.82, 2.24) is 0 Å². The van der Waals surface area contributed by atoms with Crippen molar-refractivity contribution in [1.29, 1.82) is 0 Å². The van der Waals surface area contributed by atoms with E-state index in [-0.39, 0.29) is 11.5 Å². The van der Waals surface area contributed by atoms with E-state index in [1.807, 2.05) is 19.1 Å². The van der Waals surface area contributed by atoms with Gasteiger partial charge in [-0.1, -0.05) is 13.0 Å². The Hall–Kier alpha value is -2.23. The van der Waals surface area contributed by atoms with Crippen LogP contribution in [0.5, 0.6) is 23.0 Å². The number of halogens is 1. The van der Waals surface area contributed by atoms with Crippen molar-refractivity contribution >= 4 is 0 Å². The number of ether oxygens (including phenoxy) is 2. The van der Waals surface area contributed by atoms with Crippen molar-refractivity contribution in [3.63, 3.8) is 0 Å². The lowest BCUT2D eigenvalue weighted by Gasteiger charge is -2.12. The van der Waals surface area contributed by atoms with E-state index < -0.39 is 5.82 Å². The van der Waals surface area contributed by atoms with Gasteiger partial charge in [0.2, 0.25) is 0 Å². The van der Waals surface area contributed by atoms with E-state index in [0.29, 0.717) is 11.5 Å². The van der Waals surface area contributed by atoms with Gasteiger partial charge in [0.25, 0.3) is 0 Å². The van der Waals surface area contributed by atoms with E-state index in [1.54, 1.807) is 6.07 Å². The minimum absolute atomic E-state index is 0.0420. The molecule has 0 aliphatic carbocycles. The predicted molar refractivity (Wildman–Crippen MR) is 70.5 cm³/mol. The summed E-state index contributed by atoms with van der Waals surface area (Å²) in [5, 5.41) is 9.15. The van der Waals surface area contributed by atoms with Crippen LogP contribution in [0.15, 0.2) is 36.4 Å². The van der Waals surface area contributed by atoms with Crippen molar-refractivity contribution in [3.8, 4) is 23.0 Å². The van der Waals surface area contributed by atoms with Crippen LogP contribution in [-0.2, 0) is 6.42 Å². The lowest BCUT2D eigenvalue weighted by Crippen LogP contribution is -1.93. The predicted octanol–water partition coefficient (Wildman–Crippen LogP) is 3.89. The summed E-state index contributed by atoms with van der Waals surface area (Å²) in [6.07, 6.45) is 0.879. The fourth-order valence-corrected chi connectivity index (χ4v) is 1.71. The Morgan fingerprint density at radius 1 is 1.05 bits per heavy atom. The Kier molecular flexibility index (Phi) is 3.90. The standard InChI is InChI=1S/C15H15FO3/c1-3-10-4-6-14(15(8-10)18-2)19-13-7-5-11(17)9-12(13)16/h4-9,17H,3H2,1-2H3. The average molecular weight is 262 g/mol. The Morgan fingerprint density at radius 2 is 1.79 bits per heavy atom. The summed E-state index contributed by atoms with van der Waals surface area (Å²) in [6.45, 7) is 2.04. The number of rotatable bonds is 4. The first-order chi connectivity index (χ1) is 9.13. The first-order valence-electron chi connectivity index (χ1n) is 5.97. The summed E-state index contributed by atoms with van der Waals surface area (Å²) in [7, 11) is 1.54. The van der Waals surface area contributed by atoms with Crippen LogP contribution in [0, 0.1) is 5.82 Å². The fraction of sp³-hybridized carbons (Fsp3) is 0.200. The van der Waals surface area contributed by atoms with Gasteiger partial charge in [-0.15, -0.1) is 0 Å². The Balaban J connectivity index is 2.32. The minimum Gasteiger partial charge on any atom is -0.508 e. The third-order valence-corrected chi connectivity index (χ3v) is 2.77. The number of methoxy groups -OCH3 is 1. The van der Waals surface area contributed by atoms with Crippen LogP contribution in [-0.4, -0.2) is 12.2 Å². The zero-order valence-electron chi connectivity index (χ0n) is 10.8.